The zero-order chi connectivity index (χ0) is 23.2. The second-order valence-corrected chi connectivity index (χ2v) is 9.82. The Morgan fingerprint density at radius 2 is 1.94 bits per heavy atom. The number of likely N-dealkylation sites (N-methyl/N-ethyl adjacent to an activating group) is 1. The zero-order valence-electron chi connectivity index (χ0n) is 18.9. The van der Waals surface area contributed by atoms with E-state index in [2.05, 4.69) is 0 Å². The van der Waals surface area contributed by atoms with Gasteiger partial charge in [-0.1, -0.05) is 18.2 Å². The number of carbonyl (C=O) groups is 2. The van der Waals surface area contributed by atoms with Crippen LogP contribution in [0.25, 0.3) is 0 Å². The minimum Gasteiger partial charge on any atom is -0.493 e. The Labute approximate surface area is 202 Å². The van der Waals surface area contributed by atoms with Crippen molar-refractivity contribution in [3.63, 3.8) is 0 Å². The predicted octanol–water partition coefficient (Wildman–Crippen LogP) is 5.05. The summed E-state index contributed by atoms with van der Waals surface area (Å²) in [7, 11) is 1.62. The predicted molar refractivity (Wildman–Crippen MR) is 131 cm³/mol. The summed E-state index contributed by atoms with van der Waals surface area (Å²) in [4.78, 5) is 31.7. The smallest absolute Gasteiger partial charge is 0.264 e. The van der Waals surface area contributed by atoms with Gasteiger partial charge in [0.25, 0.3) is 5.91 Å². The molecule has 0 spiro atoms. The highest BCUT2D eigenvalue weighted by Gasteiger charge is 2.36. The van der Waals surface area contributed by atoms with Crippen molar-refractivity contribution >= 4 is 34.5 Å². The fraction of sp³-hybridized carbons (Fsp3) is 0.360. The van der Waals surface area contributed by atoms with Crippen molar-refractivity contribution < 1.29 is 19.1 Å². The van der Waals surface area contributed by atoms with Gasteiger partial charge in [0, 0.05) is 24.5 Å². The third-order valence-corrected chi connectivity index (χ3v) is 7.48. The highest BCUT2D eigenvalue weighted by atomic mass is 32.1. The lowest BCUT2D eigenvalue weighted by Gasteiger charge is -2.29. The Morgan fingerprint density at radius 3 is 2.64 bits per heavy atom. The molecular formula is C25H28N2O4S2. The topological polar surface area (TPSA) is 59.1 Å². The number of amides is 2. The SMILES string of the molecule is CCN(Cc1ccc(OCc2cccs2)c(OC)c1)C(=O)[C@@H]1CCCN1C(=O)c1cccs1. The number of likely N-dealkylation sites (tertiary alicyclic amines) is 1. The van der Waals surface area contributed by atoms with Crippen molar-refractivity contribution in [3.8, 4) is 11.5 Å². The van der Waals surface area contributed by atoms with Crippen LogP contribution in [0.1, 0.15) is 39.9 Å². The summed E-state index contributed by atoms with van der Waals surface area (Å²) in [5.74, 6) is 1.26. The Kier molecular flexibility index (Phi) is 7.67. The molecule has 1 aliphatic heterocycles. The first-order valence-corrected chi connectivity index (χ1v) is 12.8. The molecule has 1 aliphatic rings. The molecule has 1 atom stereocenters. The van der Waals surface area contributed by atoms with Crippen molar-refractivity contribution in [3.05, 3.63) is 68.5 Å². The lowest BCUT2D eigenvalue weighted by atomic mass is 10.1. The summed E-state index contributed by atoms with van der Waals surface area (Å²) in [5, 5.41) is 3.91. The monoisotopic (exact) mass is 484 g/mol. The Morgan fingerprint density at radius 1 is 1.12 bits per heavy atom. The van der Waals surface area contributed by atoms with Crippen LogP contribution in [0, 0.1) is 0 Å². The zero-order valence-corrected chi connectivity index (χ0v) is 20.5. The van der Waals surface area contributed by atoms with Gasteiger partial charge in [-0.25, -0.2) is 0 Å². The average Bonchev–Trinajstić information content (AvgIpc) is 3.63. The largest absolute Gasteiger partial charge is 0.493 e. The van der Waals surface area contributed by atoms with Gasteiger partial charge in [0.05, 0.1) is 12.0 Å². The van der Waals surface area contributed by atoms with E-state index in [1.807, 2.05) is 65.0 Å². The number of benzene rings is 1. The third-order valence-electron chi connectivity index (χ3n) is 5.78. The van der Waals surface area contributed by atoms with E-state index in [1.54, 1.807) is 23.3 Å². The van der Waals surface area contributed by atoms with Crippen molar-refractivity contribution in [2.24, 2.45) is 0 Å². The number of rotatable bonds is 9. The minimum absolute atomic E-state index is 0.00288. The first kappa shape index (κ1) is 23.3. The molecule has 2 amide bonds. The van der Waals surface area contributed by atoms with E-state index in [0.29, 0.717) is 49.0 Å². The molecule has 0 radical (unpaired) electrons. The molecule has 0 saturated carbocycles. The molecule has 33 heavy (non-hydrogen) atoms. The second-order valence-electron chi connectivity index (χ2n) is 7.84. The molecule has 0 bridgehead atoms. The quantitative estimate of drug-likeness (QED) is 0.426. The van der Waals surface area contributed by atoms with E-state index in [9.17, 15) is 9.59 Å². The number of nitrogens with zero attached hydrogens (tertiary/aromatic N) is 2. The van der Waals surface area contributed by atoms with Gasteiger partial charge in [-0.15, -0.1) is 22.7 Å². The molecule has 1 saturated heterocycles. The lowest BCUT2D eigenvalue weighted by Crippen LogP contribution is -2.47. The number of carbonyl (C=O) groups excluding carboxylic acids is 2. The fourth-order valence-electron chi connectivity index (χ4n) is 4.06. The molecule has 1 fully saturated rings. The molecule has 3 heterocycles. The molecule has 8 heteroatoms. The van der Waals surface area contributed by atoms with Gasteiger partial charge < -0.3 is 19.3 Å². The van der Waals surface area contributed by atoms with E-state index in [4.69, 9.17) is 9.47 Å². The highest BCUT2D eigenvalue weighted by Crippen LogP contribution is 2.30. The van der Waals surface area contributed by atoms with Gasteiger partial charge in [0.2, 0.25) is 5.91 Å². The van der Waals surface area contributed by atoms with Gasteiger partial charge in [-0.2, -0.15) is 0 Å². The highest BCUT2D eigenvalue weighted by molar-refractivity contribution is 7.12. The van der Waals surface area contributed by atoms with Crippen LogP contribution >= 0.6 is 22.7 Å². The minimum atomic E-state index is -0.408. The van der Waals surface area contributed by atoms with Crippen LogP contribution in [0.15, 0.2) is 53.2 Å². The van der Waals surface area contributed by atoms with E-state index in [1.165, 1.54) is 11.3 Å². The van der Waals surface area contributed by atoms with Crippen LogP contribution < -0.4 is 9.47 Å². The maximum Gasteiger partial charge on any atom is 0.264 e. The molecule has 2 aromatic heterocycles. The molecular weight excluding hydrogens is 456 g/mol. The van der Waals surface area contributed by atoms with Crippen molar-refractivity contribution in [2.75, 3.05) is 20.2 Å². The van der Waals surface area contributed by atoms with Crippen molar-refractivity contribution in [1.29, 1.82) is 0 Å². The van der Waals surface area contributed by atoms with E-state index < -0.39 is 6.04 Å². The molecule has 1 aromatic carbocycles. The van der Waals surface area contributed by atoms with Crippen LogP contribution in [0.3, 0.4) is 0 Å². The van der Waals surface area contributed by atoms with Crippen LogP contribution in [0.2, 0.25) is 0 Å². The molecule has 6 nitrogen and oxygen atoms in total. The summed E-state index contributed by atoms with van der Waals surface area (Å²) in [5.41, 5.74) is 0.958. The van der Waals surface area contributed by atoms with Gasteiger partial charge in [0.15, 0.2) is 11.5 Å². The molecule has 174 valence electrons. The number of methoxy groups -OCH3 is 1. The third kappa shape index (κ3) is 5.39. The Balaban J connectivity index is 1.44. The molecule has 0 unspecified atom stereocenters. The first-order valence-electron chi connectivity index (χ1n) is 11.1. The van der Waals surface area contributed by atoms with E-state index in [0.717, 1.165) is 16.9 Å². The number of hydrogen-bond donors (Lipinski definition) is 0. The molecule has 3 aromatic rings. The standard InChI is InChI=1S/C25H28N2O4S2/c1-3-26(24(28)20-8-4-12-27(20)25(29)23-9-6-14-33-23)16-18-10-11-21(22(15-18)30-2)31-17-19-7-5-13-32-19/h5-7,9-11,13-15,20H,3-4,8,12,16-17H2,1-2H3/t20-/m0/s1. The van der Waals surface area contributed by atoms with Crippen molar-refractivity contribution in [1.82, 2.24) is 9.80 Å². The van der Waals surface area contributed by atoms with Gasteiger partial charge >= 0.3 is 0 Å². The summed E-state index contributed by atoms with van der Waals surface area (Å²) >= 11 is 3.06. The van der Waals surface area contributed by atoms with E-state index >= 15 is 0 Å². The van der Waals surface area contributed by atoms with Crippen LogP contribution in [-0.2, 0) is 17.9 Å². The average molecular weight is 485 g/mol. The molecule has 0 N–H and O–H groups in total. The number of ether oxygens (including phenoxy) is 2. The van der Waals surface area contributed by atoms with Gasteiger partial charge in [-0.05, 0) is 60.4 Å². The molecule has 0 aliphatic carbocycles. The fourth-order valence-corrected chi connectivity index (χ4v) is 5.35. The lowest BCUT2D eigenvalue weighted by molar-refractivity contribution is -0.135. The maximum absolute atomic E-state index is 13.4. The number of thiophene rings is 2. The van der Waals surface area contributed by atoms with Gasteiger partial charge in [0.1, 0.15) is 12.6 Å². The normalized spacial score (nSPS) is 15.5. The second kappa shape index (κ2) is 10.9. The Hall–Kier alpha value is -2.84. The number of hydrogen-bond acceptors (Lipinski definition) is 6. The first-order chi connectivity index (χ1) is 16.1. The van der Waals surface area contributed by atoms with Crippen LogP contribution in [-0.4, -0.2) is 47.9 Å². The molecule has 4 rings (SSSR count). The van der Waals surface area contributed by atoms with Crippen LogP contribution in [0.4, 0.5) is 0 Å². The Bertz CT molecular complexity index is 1070. The van der Waals surface area contributed by atoms with Crippen molar-refractivity contribution in [2.45, 2.75) is 39.0 Å². The van der Waals surface area contributed by atoms with E-state index in [-0.39, 0.29) is 11.8 Å². The summed E-state index contributed by atoms with van der Waals surface area (Å²) in [6.45, 7) is 4.09. The van der Waals surface area contributed by atoms with Crippen LogP contribution in [0.5, 0.6) is 11.5 Å². The summed E-state index contributed by atoms with van der Waals surface area (Å²) < 4.78 is 11.5. The summed E-state index contributed by atoms with van der Waals surface area (Å²) in [6.07, 6.45) is 1.54. The maximum atomic E-state index is 13.4. The van der Waals surface area contributed by atoms with Gasteiger partial charge in [-0.3, -0.25) is 9.59 Å². The summed E-state index contributed by atoms with van der Waals surface area (Å²) in [6, 6.07) is 13.1.